The van der Waals surface area contributed by atoms with Crippen LogP contribution in [0.15, 0.2) is 34.9 Å². The molecule has 8 heteroatoms. The van der Waals surface area contributed by atoms with E-state index in [0.29, 0.717) is 22.8 Å². The number of nitriles is 1. The normalized spacial score (nSPS) is 16.4. The van der Waals surface area contributed by atoms with Gasteiger partial charge in [0.2, 0.25) is 11.6 Å². The van der Waals surface area contributed by atoms with Gasteiger partial charge in [0.15, 0.2) is 11.5 Å². The molecule has 0 saturated heterocycles. The quantitative estimate of drug-likeness (QED) is 0.755. The molecule has 0 radical (unpaired) electrons. The molecule has 0 bridgehead atoms. The first-order valence-corrected chi connectivity index (χ1v) is 8.19. The summed E-state index contributed by atoms with van der Waals surface area (Å²) in [5.74, 6) is -0.162. The monoisotopic (exact) mass is 374 g/mol. The van der Waals surface area contributed by atoms with E-state index < -0.39 is 11.9 Å². The van der Waals surface area contributed by atoms with Gasteiger partial charge in [0.05, 0.1) is 39.4 Å². The zero-order chi connectivity index (χ0) is 20.1. The molecule has 27 heavy (non-hydrogen) atoms. The molecule has 0 unspecified atom stereocenters. The minimum atomic E-state index is -0.836. The van der Waals surface area contributed by atoms with E-state index in [-0.39, 0.29) is 29.4 Å². The van der Waals surface area contributed by atoms with Crippen LogP contribution in [0.25, 0.3) is 0 Å². The number of hydrogen-bond acceptors (Lipinski definition) is 8. The molecule has 1 heterocycles. The molecule has 0 amide bonds. The first kappa shape index (κ1) is 20.0. The van der Waals surface area contributed by atoms with Crippen molar-refractivity contribution in [2.45, 2.75) is 19.8 Å². The Kier molecular flexibility index (Phi) is 6.19. The van der Waals surface area contributed by atoms with Crippen molar-refractivity contribution < 1.29 is 28.5 Å². The molecule has 2 rings (SSSR count). The largest absolute Gasteiger partial charge is 0.493 e. The number of methoxy groups -OCH3 is 3. The Morgan fingerprint density at radius 1 is 1.22 bits per heavy atom. The Balaban J connectivity index is 2.79. The molecule has 0 saturated carbocycles. The van der Waals surface area contributed by atoms with Crippen LogP contribution in [0, 0.1) is 11.3 Å². The highest BCUT2D eigenvalue weighted by atomic mass is 16.5. The number of esters is 1. The summed E-state index contributed by atoms with van der Waals surface area (Å²) in [6.45, 7) is 3.46. The summed E-state index contributed by atoms with van der Waals surface area (Å²) in [5, 5.41) is 9.66. The van der Waals surface area contributed by atoms with Crippen LogP contribution < -0.4 is 19.9 Å². The van der Waals surface area contributed by atoms with E-state index in [1.165, 1.54) is 21.3 Å². The summed E-state index contributed by atoms with van der Waals surface area (Å²) >= 11 is 0. The topological polar surface area (TPSA) is 113 Å². The van der Waals surface area contributed by atoms with E-state index in [2.05, 4.69) is 0 Å². The van der Waals surface area contributed by atoms with Gasteiger partial charge in [0.1, 0.15) is 17.4 Å². The highest BCUT2D eigenvalue weighted by Gasteiger charge is 2.38. The lowest BCUT2D eigenvalue weighted by molar-refractivity contribution is -0.139. The summed E-state index contributed by atoms with van der Waals surface area (Å²) in [5.41, 5.74) is 6.67. The molecule has 2 N–H and O–H groups in total. The highest BCUT2D eigenvalue weighted by molar-refractivity contribution is 5.93. The van der Waals surface area contributed by atoms with E-state index in [0.717, 1.165) is 0 Å². The molecule has 1 aromatic rings. The van der Waals surface area contributed by atoms with Crippen molar-refractivity contribution >= 4 is 5.97 Å². The first-order chi connectivity index (χ1) is 12.9. The Hall–Kier alpha value is -3.34. The maximum atomic E-state index is 12.6. The van der Waals surface area contributed by atoms with Crippen LogP contribution in [0.1, 0.15) is 25.3 Å². The van der Waals surface area contributed by atoms with Gasteiger partial charge in [0.25, 0.3) is 0 Å². The average Bonchev–Trinajstić information content (AvgIpc) is 2.66. The molecule has 0 spiro atoms. The number of rotatable bonds is 6. The van der Waals surface area contributed by atoms with Crippen LogP contribution in [-0.4, -0.2) is 33.9 Å². The maximum Gasteiger partial charge on any atom is 0.338 e. The van der Waals surface area contributed by atoms with Crippen molar-refractivity contribution in [2.75, 3.05) is 27.9 Å². The smallest absolute Gasteiger partial charge is 0.338 e. The minimum absolute atomic E-state index is 0.0779. The molecule has 1 atom stereocenters. The minimum Gasteiger partial charge on any atom is -0.493 e. The fraction of sp³-hybridized carbons (Fsp3) is 0.368. The fourth-order valence-electron chi connectivity index (χ4n) is 3.02. The van der Waals surface area contributed by atoms with E-state index >= 15 is 0 Å². The third-order valence-corrected chi connectivity index (χ3v) is 4.15. The van der Waals surface area contributed by atoms with Crippen LogP contribution in [0.4, 0.5) is 0 Å². The van der Waals surface area contributed by atoms with Crippen LogP contribution in [0.3, 0.4) is 0 Å². The summed E-state index contributed by atoms with van der Waals surface area (Å²) < 4.78 is 26.8. The number of ether oxygens (including phenoxy) is 5. The van der Waals surface area contributed by atoms with Crippen LogP contribution in [0.5, 0.6) is 17.2 Å². The standard InChI is InChI=1S/C19H22N2O6/c1-6-26-19(22)14-10(2)27-18(21)12(9-20)15(14)11-7-8-13(23-3)17(25-5)16(11)24-4/h7-8,15H,6,21H2,1-5H3/t15-/m0/s1. The number of benzene rings is 1. The third kappa shape index (κ3) is 3.49. The van der Waals surface area contributed by atoms with Crippen LogP contribution in [0.2, 0.25) is 0 Å². The number of allylic oxidation sites excluding steroid dienone is 2. The number of nitrogens with zero attached hydrogens (tertiary/aromatic N) is 1. The van der Waals surface area contributed by atoms with Gasteiger partial charge in [-0.2, -0.15) is 5.26 Å². The van der Waals surface area contributed by atoms with E-state index in [9.17, 15) is 10.1 Å². The van der Waals surface area contributed by atoms with Gasteiger partial charge in [-0.15, -0.1) is 0 Å². The lowest BCUT2D eigenvalue weighted by Gasteiger charge is -2.28. The van der Waals surface area contributed by atoms with Crippen molar-refractivity contribution in [3.63, 3.8) is 0 Å². The van der Waals surface area contributed by atoms with Gasteiger partial charge in [-0.25, -0.2) is 4.79 Å². The zero-order valence-corrected chi connectivity index (χ0v) is 15.9. The summed E-state index contributed by atoms with van der Waals surface area (Å²) in [7, 11) is 4.43. The van der Waals surface area contributed by atoms with Crippen molar-refractivity contribution in [3.8, 4) is 23.3 Å². The molecule has 1 aromatic carbocycles. The Labute approximate surface area is 157 Å². The van der Waals surface area contributed by atoms with Gasteiger partial charge in [-0.05, 0) is 19.9 Å². The third-order valence-electron chi connectivity index (χ3n) is 4.15. The zero-order valence-electron chi connectivity index (χ0n) is 15.9. The number of hydrogen-bond donors (Lipinski definition) is 1. The molecule has 1 aliphatic heterocycles. The number of carbonyl (C=O) groups is 1. The summed E-state index contributed by atoms with van der Waals surface area (Å²) in [4.78, 5) is 12.6. The Bertz CT molecular complexity index is 850. The SMILES string of the molecule is CCOC(=O)C1=C(C)OC(N)=C(C#N)[C@@H]1c1ccc(OC)c(OC)c1OC. The fourth-order valence-corrected chi connectivity index (χ4v) is 3.02. The molecule has 144 valence electrons. The maximum absolute atomic E-state index is 12.6. The second-order valence-corrected chi connectivity index (χ2v) is 5.54. The summed E-state index contributed by atoms with van der Waals surface area (Å²) in [6.07, 6.45) is 0. The predicted molar refractivity (Wildman–Crippen MR) is 96.1 cm³/mol. The average molecular weight is 374 g/mol. The molecule has 0 fully saturated rings. The second kappa shape index (κ2) is 8.36. The number of carbonyl (C=O) groups excluding carboxylic acids is 1. The van der Waals surface area contributed by atoms with Gasteiger partial charge >= 0.3 is 5.97 Å². The molecular formula is C19H22N2O6. The highest BCUT2D eigenvalue weighted by Crippen LogP contribution is 2.48. The van der Waals surface area contributed by atoms with Gasteiger partial charge in [0, 0.05) is 5.56 Å². The van der Waals surface area contributed by atoms with Gasteiger partial charge < -0.3 is 29.4 Å². The van der Waals surface area contributed by atoms with E-state index in [1.807, 2.05) is 6.07 Å². The predicted octanol–water partition coefficient (Wildman–Crippen LogP) is 2.36. The van der Waals surface area contributed by atoms with E-state index in [1.54, 1.807) is 26.0 Å². The van der Waals surface area contributed by atoms with Crippen molar-refractivity contribution in [1.82, 2.24) is 0 Å². The lowest BCUT2D eigenvalue weighted by atomic mass is 9.82. The Morgan fingerprint density at radius 2 is 1.89 bits per heavy atom. The van der Waals surface area contributed by atoms with Crippen molar-refractivity contribution in [1.29, 1.82) is 5.26 Å². The number of nitrogens with two attached hydrogens (primary N) is 1. The second-order valence-electron chi connectivity index (χ2n) is 5.54. The molecule has 1 aliphatic rings. The first-order valence-electron chi connectivity index (χ1n) is 8.19. The van der Waals surface area contributed by atoms with Crippen molar-refractivity contribution in [3.05, 3.63) is 40.5 Å². The van der Waals surface area contributed by atoms with Gasteiger partial charge in [-0.3, -0.25) is 0 Å². The van der Waals surface area contributed by atoms with Crippen LogP contribution >= 0.6 is 0 Å². The lowest BCUT2D eigenvalue weighted by Crippen LogP contribution is -2.26. The van der Waals surface area contributed by atoms with Crippen LogP contribution in [-0.2, 0) is 14.3 Å². The van der Waals surface area contributed by atoms with E-state index in [4.69, 9.17) is 29.4 Å². The van der Waals surface area contributed by atoms with Crippen molar-refractivity contribution in [2.24, 2.45) is 5.73 Å². The Morgan fingerprint density at radius 3 is 2.41 bits per heavy atom. The molecule has 0 aromatic heterocycles. The molecule has 8 nitrogen and oxygen atoms in total. The van der Waals surface area contributed by atoms with Gasteiger partial charge in [-0.1, -0.05) is 6.07 Å². The molecule has 0 aliphatic carbocycles. The summed E-state index contributed by atoms with van der Waals surface area (Å²) in [6, 6.07) is 5.38. The molecular weight excluding hydrogens is 352 g/mol.